The molecule has 0 aliphatic heterocycles. The molecule has 0 saturated heterocycles. The minimum Gasteiger partial charge on any atom is -0.466 e. The van der Waals surface area contributed by atoms with Crippen LogP contribution in [0.4, 0.5) is 0 Å². The van der Waals surface area contributed by atoms with Gasteiger partial charge in [0.1, 0.15) is 5.78 Å². The molecule has 0 aromatic heterocycles. The Kier molecular flexibility index (Phi) is 3.93. The summed E-state index contributed by atoms with van der Waals surface area (Å²) in [7, 11) is 0. The van der Waals surface area contributed by atoms with Gasteiger partial charge in [0, 0.05) is 19.8 Å². The summed E-state index contributed by atoms with van der Waals surface area (Å²) in [6.45, 7) is 1.87. The van der Waals surface area contributed by atoms with E-state index in [9.17, 15) is 9.59 Å². The Hall–Kier alpha value is -0.860. The zero-order valence-corrected chi connectivity index (χ0v) is 8.04. The van der Waals surface area contributed by atoms with E-state index >= 15 is 0 Å². The number of hydrogen-bond donors (Lipinski definition) is 0. The molecule has 0 spiro atoms. The molecular formula is C10H16O3. The zero-order chi connectivity index (χ0) is 9.68. The number of hydrogen-bond acceptors (Lipinski definition) is 3. The van der Waals surface area contributed by atoms with Crippen molar-refractivity contribution in [3.63, 3.8) is 0 Å². The maximum atomic E-state index is 11.1. The molecule has 3 nitrogen and oxygen atoms in total. The summed E-state index contributed by atoms with van der Waals surface area (Å²) in [4.78, 5) is 21.5. The fourth-order valence-corrected chi connectivity index (χ4v) is 1.73. The highest BCUT2D eigenvalue weighted by atomic mass is 16.5. The molecule has 13 heavy (non-hydrogen) atoms. The molecule has 0 bridgehead atoms. The van der Waals surface area contributed by atoms with E-state index < -0.39 is 0 Å². The summed E-state index contributed by atoms with van der Waals surface area (Å²) in [5, 5.41) is 0. The number of ether oxygens (including phenoxy) is 1. The predicted octanol–water partition coefficient (Wildman–Crippen LogP) is 1.70. The van der Waals surface area contributed by atoms with E-state index in [0.717, 1.165) is 25.7 Å². The summed E-state index contributed by atoms with van der Waals surface area (Å²) < 4.78 is 4.83. The van der Waals surface area contributed by atoms with Gasteiger partial charge in [-0.05, 0) is 25.2 Å². The monoisotopic (exact) mass is 184 g/mol. The number of rotatable bonds is 3. The van der Waals surface area contributed by atoms with Crippen molar-refractivity contribution in [3.8, 4) is 0 Å². The predicted molar refractivity (Wildman–Crippen MR) is 48.2 cm³/mol. The van der Waals surface area contributed by atoms with Gasteiger partial charge in [0.25, 0.3) is 0 Å². The zero-order valence-electron chi connectivity index (χ0n) is 8.04. The second kappa shape index (κ2) is 5.00. The fraction of sp³-hybridized carbons (Fsp3) is 0.800. The van der Waals surface area contributed by atoms with Crippen LogP contribution >= 0.6 is 0 Å². The van der Waals surface area contributed by atoms with Crippen LogP contribution in [0.15, 0.2) is 0 Å². The molecule has 1 fully saturated rings. The quantitative estimate of drug-likeness (QED) is 0.627. The fourth-order valence-electron chi connectivity index (χ4n) is 1.73. The van der Waals surface area contributed by atoms with Crippen LogP contribution < -0.4 is 0 Å². The van der Waals surface area contributed by atoms with E-state index in [1.54, 1.807) is 0 Å². The molecule has 0 radical (unpaired) electrons. The van der Waals surface area contributed by atoms with Crippen molar-refractivity contribution >= 4 is 11.8 Å². The molecule has 0 N–H and O–H groups in total. The Bertz CT molecular complexity index is 198. The summed E-state index contributed by atoms with van der Waals surface area (Å²) in [5.74, 6) is 0.571. The number of ketones is 1. The van der Waals surface area contributed by atoms with Gasteiger partial charge in [0.2, 0.25) is 0 Å². The first kappa shape index (κ1) is 10.2. The smallest absolute Gasteiger partial charge is 0.302 e. The normalized spacial score (nSPS) is 22.8. The van der Waals surface area contributed by atoms with Crippen LogP contribution in [0.2, 0.25) is 0 Å². The van der Waals surface area contributed by atoms with E-state index in [1.807, 2.05) is 0 Å². The number of esters is 1. The topological polar surface area (TPSA) is 43.4 Å². The van der Waals surface area contributed by atoms with Crippen LogP contribution in [0, 0.1) is 5.92 Å². The average Bonchev–Trinajstić information content (AvgIpc) is 2.03. The number of Topliss-reactive ketones (excluding diaryl/α,β-unsaturated/α-hetero) is 1. The Morgan fingerprint density at radius 1 is 1.62 bits per heavy atom. The SMILES string of the molecule is CC(=O)OCCC1CCCC(=O)C1. The highest BCUT2D eigenvalue weighted by molar-refractivity contribution is 5.79. The Morgan fingerprint density at radius 2 is 2.38 bits per heavy atom. The molecule has 1 rings (SSSR count). The molecule has 0 aromatic rings. The van der Waals surface area contributed by atoms with Crippen LogP contribution in [-0.2, 0) is 14.3 Å². The maximum absolute atomic E-state index is 11.1. The molecule has 1 unspecified atom stereocenters. The standard InChI is InChI=1S/C10H16O3/c1-8(11)13-6-5-9-3-2-4-10(12)7-9/h9H,2-7H2,1H3. The van der Waals surface area contributed by atoms with Crippen molar-refractivity contribution in [2.45, 2.75) is 39.0 Å². The third-order valence-corrected chi connectivity index (χ3v) is 2.42. The summed E-state index contributed by atoms with van der Waals surface area (Å²) in [6.07, 6.45) is 4.37. The molecule has 3 heteroatoms. The van der Waals surface area contributed by atoms with E-state index in [4.69, 9.17) is 4.74 Å². The lowest BCUT2D eigenvalue weighted by atomic mass is 9.86. The van der Waals surface area contributed by atoms with Crippen molar-refractivity contribution in [3.05, 3.63) is 0 Å². The summed E-state index contributed by atoms with van der Waals surface area (Å²) in [5.41, 5.74) is 0. The van der Waals surface area contributed by atoms with E-state index in [-0.39, 0.29) is 5.97 Å². The third kappa shape index (κ3) is 4.06. The lowest BCUT2D eigenvalue weighted by molar-refractivity contribution is -0.141. The lowest BCUT2D eigenvalue weighted by Crippen LogP contribution is -2.17. The second-order valence-electron chi connectivity index (χ2n) is 3.63. The largest absolute Gasteiger partial charge is 0.466 e. The van der Waals surface area contributed by atoms with E-state index in [0.29, 0.717) is 24.7 Å². The maximum Gasteiger partial charge on any atom is 0.302 e. The molecule has 74 valence electrons. The van der Waals surface area contributed by atoms with Gasteiger partial charge in [-0.2, -0.15) is 0 Å². The molecule has 0 heterocycles. The molecule has 1 saturated carbocycles. The van der Waals surface area contributed by atoms with Crippen molar-refractivity contribution in [1.29, 1.82) is 0 Å². The molecule has 1 aliphatic carbocycles. The van der Waals surface area contributed by atoms with Gasteiger partial charge in [-0.15, -0.1) is 0 Å². The average molecular weight is 184 g/mol. The second-order valence-corrected chi connectivity index (χ2v) is 3.63. The van der Waals surface area contributed by atoms with Crippen molar-refractivity contribution in [2.75, 3.05) is 6.61 Å². The Morgan fingerprint density at radius 3 is 3.00 bits per heavy atom. The molecule has 1 aliphatic rings. The molecular weight excluding hydrogens is 168 g/mol. The van der Waals surface area contributed by atoms with Crippen LogP contribution in [-0.4, -0.2) is 18.4 Å². The summed E-state index contributed by atoms with van der Waals surface area (Å²) in [6, 6.07) is 0. The van der Waals surface area contributed by atoms with E-state index in [2.05, 4.69) is 0 Å². The van der Waals surface area contributed by atoms with Crippen LogP contribution in [0.1, 0.15) is 39.0 Å². The van der Waals surface area contributed by atoms with E-state index in [1.165, 1.54) is 6.92 Å². The van der Waals surface area contributed by atoms with Crippen LogP contribution in [0.3, 0.4) is 0 Å². The minimum absolute atomic E-state index is 0.234. The van der Waals surface area contributed by atoms with Gasteiger partial charge < -0.3 is 4.74 Å². The third-order valence-electron chi connectivity index (χ3n) is 2.42. The molecule has 1 atom stereocenters. The van der Waals surface area contributed by atoms with Gasteiger partial charge in [0.15, 0.2) is 0 Å². The van der Waals surface area contributed by atoms with Gasteiger partial charge in [-0.3, -0.25) is 9.59 Å². The van der Waals surface area contributed by atoms with Crippen LogP contribution in [0.25, 0.3) is 0 Å². The Labute approximate surface area is 78.5 Å². The number of carbonyl (C=O) groups is 2. The van der Waals surface area contributed by atoms with Crippen molar-refractivity contribution < 1.29 is 14.3 Å². The Balaban J connectivity index is 2.13. The van der Waals surface area contributed by atoms with Gasteiger partial charge in [0.05, 0.1) is 6.61 Å². The molecule has 0 aromatic carbocycles. The first-order valence-corrected chi connectivity index (χ1v) is 4.83. The van der Waals surface area contributed by atoms with Crippen LogP contribution in [0.5, 0.6) is 0 Å². The minimum atomic E-state index is -0.234. The number of carbonyl (C=O) groups excluding carboxylic acids is 2. The van der Waals surface area contributed by atoms with Gasteiger partial charge >= 0.3 is 5.97 Å². The highest BCUT2D eigenvalue weighted by Crippen LogP contribution is 2.23. The first-order chi connectivity index (χ1) is 6.18. The first-order valence-electron chi connectivity index (χ1n) is 4.83. The van der Waals surface area contributed by atoms with Gasteiger partial charge in [-0.1, -0.05) is 0 Å². The van der Waals surface area contributed by atoms with Crippen molar-refractivity contribution in [1.82, 2.24) is 0 Å². The highest BCUT2D eigenvalue weighted by Gasteiger charge is 2.19. The van der Waals surface area contributed by atoms with Gasteiger partial charge in [-0.25, -0.2) is 0 Å². The molecule has 0 amide bonds. The lowest BCUT2D eigenvalue weighted by Gasteiger charge is -2.19. The van der Waals surface area contributed by atoms with Crippen molar-refractivity contribution in [2.24, 2.45) is 5.92 Å². The summed E-state index contributed by atoms with van der Waals surface area (Å²) >= 11 is 0.